The summed E-state index contributed by atoms with van der Waals surface area (Å²) in [6.07, 6.45) is 10.1. The molecule has 0 amide bonds. The highest BCUT2D eigenvalue weighted by Crippen LogP contribution is 2.26. The molecule has 1 aliphatic carbocycles. The number of unbranched alkanes of at least 4 members (excludes halogenated alkanes) is 2. The van der Waals surface area contributed by atoms with Crippen molar-refractivity contribution >= 4 is 26.8 Å². The van der Waals surface area contributed by atoms with Gasteiger partial charge in [-0.15, -0.1) is 0 Å². The summed E-state index contributed by atoms with van der Waals surface area (Å²) in [6.45, 7) is 4.50. The Bertz CT molecular complexity index is 464. The molecule has 0 N–H and O–H groups in total. The molecule has 9 heteroatoms. The zero-order valence-electron chi connectivity index (χ0n) is 14.9. The minimum Gasteiger partial charge on any atom is -0.741 e. The Morgan fingerprint density at radius 2 is 1.48 bits per heavy atom. The standard InChI is InChI=1S/C15H29OS.CHF3O3S/c1-3-5-11-17(12-6-4-2)13-15(16)14-9-7-8-10-14;2-1(3,4)8(5,6)7/h14H,3-13H2,1-2H3;(H,5,6,7)/q+1;/p-1. The number of carbonyl (C=O) groups excluding carboxylic acids is 1. The van der Waals surface area contributed by atoms with Crippen LogP contribution in [0.2, 0.25) is 0 Å². The fourth-order valence-corrected chi connectivity index (χ4v) is 5.03. The van der Waals surface area contributed by atoms with Crippen LogP contribution in [0, 0.1) is 5.92 Å². The second-order valence-corrected chi connectivity index (χ2v) is 9.92. The van der Waals surface area contributed by atoms with Crippen molar-refractivity contribution in [1.29, 1.82) is 0 Å². The molecule has 0 aromatic heterocycles. The van der Waals surface area contributed by atoms with E-state index in [0.29, 0.717) is 22.6 Å². The molecule has 1 rings (SSSR count). The summed E-state index contributed by atoms with van der Waals surface area (Å²) < 4.78 is 58.9. The fraction of sp³-hybridized carbons (Fsp3) is 0.938. The van der Waals surface area contributed by atoms with Crippen LogP contribution in [0.15, 0.2) is 0 Å². The van der Waals surface area contributed by atoms with Crippen LogP contribution < -0.4 is 0 Å². The van der Waals surface area contributed by atoms with E-state index in [1.54, 1.807) is 0 Å². The molecule has 150 valence electrons. The van der Waals surface area contributed by atoms with Crippen molar-refractivity contribution in [2.75, 3.05) is 17.3 Å². The SMILES string of the molecule is CCCC[S+](CCCC)CC(=O)C1CCCC1.O=S(=O)([O-])C(F)(F)F. The van der Waals surface area contributed by atoms with Crippen LogP contribution in [0.1, 0.15) is 65.2 Å². The highest BCUT2D eigenvalue weighted by atomic mass is 32.2. The van der Waals surface area contributed by atoms with Crippen molar-refractivity contribution in [1.82, 2.24) is 0 Å². The molecule has 4 nitrogen and oxygen atoms in total. The van der Waals surface area contributed by atoms with E-state index in [1.165, 1.54) is 62.9 Å². The predicted molar refractivity (Wildman–Crippen MR) is 94.5 cm³/mol. The van der Waals surface area contributed by atoms with Crippen LogP contribution in [-0.2, 0) is 25.8 Å². The van der Waals surface area contributed by atoms with E-state index < -0.39 is 15.6 Å². The van der Waals surface area contributed by atoms with E-state index >= 15 is 0 Å². The average molecular weight is 407 g/mol. The van der Waals surface area contributed by atoms with Crippen LogP contribution in [-0.4, -0.2) is 41.5 Å². The number of hydrogen-bond donors (Lipinski definition) is 0. The Kier molecular flexibility index (Phi) is 12.0. The molecule has 1 saturated carbocycles. The van der Waals surface area contributed by atoms with Crippen LogP contribution in [0.5, 0.6) is 0 Å². The summed E-state index contributed by atoms with van der Waals surface area (Å²) >= 11 is 0. The lowest BCUT2D eigenvalue weighted by molar-refractivity contribution is -0.120. The van der Waals surface area contributed by atoms with Crippen molar-refractivity contribution < 1.29 is 30.9 Å². The van der Waals surface area contributed by atoms with Gasteiger partial charge in [0.25, 0.3) is 0 Å². The zero-order valence-corrected chi connectivity index (χ0v) is 16.6. The summed E-state index contributed by atoms with van der Waals surface area (Å²) in [7, 11) is -5.69. The number of ketones is 1. The topological polar surface area (TPSA) is 74.3 Å². The van der Waals surface area contributed by atoms with Crippen LogP contribution in [0.3, 0.4) is 0 Å². The molecule has 0 atom stereocenters. The fourth-order valence-electron chi connectivity index (χ4n) is 2.51. The number of Topliss-reactive ketones (excluding diaryl/α,β-unsaturated/α-hetero) is 1. The molecular weight excluding hydrogens is 377 g/mol. The highest BCUT2D eigenvalue weighted by molar-refractivity contribution is 7.97. The van der Waals surface area contributed by atoms with Crippen LogP contribution in [0.4, 0.5) is 13.2 Å². The van der Waals surface area contributed by atoms with E-state index in [1.807, 2.05) is 0 Å². The maximum Gasteiger partial charge on any atom is 0.485 e. The molecule has 0 saturated heterocycles. The molecule has 0 aliphatic heterocycles. The van der Waals surface area contributed by atoms with E-state index in [9.17, 15) is 18.0 Å². The lowest BCUT2D eigenvalue weighted by atomic mass is 10.0. The van der Waals surface area contributed by atoms with Gasteiger partial charge in [-0.1, -0.05) is 39.5 Å². The second-order valence-electron chi connectivity index (χ2n) is 6.22. The maximum atomic E-state index is 12.2. The molecule has 0 spiro atoms. The first-order valence-electron chi connectivity index (χ1n) is 8.71. The van der Waals surface area contributed by atoms with Gasteiger partial charge < -0.3 is 4.55 Å². The van der Waals surface area contributed by atoms with Crippen molar-refractivity contribution in [3.63, 3.8) is 0 Å². The molecule has 0 aromatic carbocycles. The van der Waals surface area contributed by atoms with Gasteiger partial charge in [0.05, 0.1) is 0 Å². The van der Waals surface area contributed by atoms with Gasteiger partial charge in [0.15, 0.2) is 21.7 Å². The maximum absolute atomic E-state index is 12.2. The Balaban J connectivity index is 0.000000609. The number of halogens is 3. The summed E-state index contributed by atoms with van der Waals surface area (Å²) in [5.41, 5.74) is -5.65. The van der Waals surface area contributed by atoms with Gasteiger partial charge in [-0.25, -0.2) is 8.42 Å². The summed E-state index contributed by atoms with van der Waals surface area (Å²) in [5.74, 6) is 4.54. The summed E-state index contributed by atoms with van der Waals surface area (Å²) in [6, 6.07) is 0. The average Bonchev–Trinajstić information content (AvgIpc) is 3.03. The zero-order chi connectivity index (χ0) is 19.5. The minimum atomic E-state index is -6.09. The third-order valence-corrected chi connectivity index (χ3v) is 7.01. The van der Waals surface area contributed by atoms with E-state index in [-0.39, 0.29) is 0 Å². The number of carbonyl (C=O) groups is 1. The molecular formula is C16H29F3O4S2. The monoisotopic (exact) mass is 406 g/mol. The summed E-state index contributed by atoms with van der Waals surface area (Å²) in [4.78, 5) is 12.2. The van der Waals surface area contributed by atoms with Crippen molar-refractivity contribution in [2.45, 2.75) is 70.7 Å². The molecule has 0 radical (unpaired) electrons. The molecule has 1 aliphatic rings. The third-order valence-electron chi connectivity index (χ3n) is 4.01. The van der Waals surface area contributed by atoms with Gasteiger partial charge in [-0.3, -0.25) is 4.79 Å². The van der Waals surface area contributed by atoms with Crippen molar-refractivity contribution in [2.24, 2.45) is 5.92 Å². The van der Waals surface area contributed by atoms with Crippen molar-refractivity contribution in [3.8, 4) is 0 Å². The lowest BCUT2D eigenvalue weighted by Crippen LogP contribution is -2.26. The number of alkyl halides is 3. The van der Waals surface area contributed by atoms with Gasteiger partial charge in [0, 0.05) is 5.92 Å². The first-order chi connectivity index (χ1) is 11.5. The van der Waals surface area contributed by atoms with Crippen molar-refractivity contribution in [3.05, 3.63) is 0 Å². The Morgan fingerprint density at radius 1 is 1.08 bits per heavy atom. The molecule has 0 bridgehead atoms. The Morgan fingerprint density at radius 3 is 1.80 bits per heavy atom. The van der Waals surface area contributed by atoms with E-state index in [2.05, 4.69) is 13.8 Å². The second kappa shape index (κ2) is 12.2. The molecule has 1 fully saturated rings. The molecule has 0 aromatic rings. The van der Waals surface area contributed by atoms with Crippen LogP contribution >= 0.6 is 0 Å². The highest BCUT2D eigenvalue weighted by Gasteiger charge is 2.37. The van der Waals surface area contributed by atoms with Crippen LogP contribution in [0.25, 0.3) is 0 Å². The molecule has 25 heavy (non-hydrogen) atoms. The summed E-state index contributed by atoms with van der Waals surface area (Å²) in [5, 5.41) is 0. The first kappa shape index (κ1) is 24.7. The minimum absolute atomic E-state index is 0.400. The lowest BCUT2D eigenvalue weighted by Gasteiger charge is -2.10. The normalized spacial score (nSPS) is 16.0. The van der Waals surface area contributed by atoms with Gasteiger partial charge in [0.2, 0.25) is 0 Å². The molecule has 0 unspecified atom stereocenters. The van der Waals surface area contributed by atoms with Gasteiger partial charge in [-0.05, 0) is 36.6 Å². The Labute approximate surface area is 152 Å². The third kappa shape index (κ3) is 11.1. The van der Waals surface area contributed by atoms with Gasteiger partial charge in [-0.2, -0.15) is 13.2 Å². The number of rotatable bonds is 9. The van der Waals surface area contributed by atoms with E-state index in [4.69, 9.17) is 13.0 Å². The number of hydrogen-bond acceptors (Lipinski definition) is 4. The van der Waals surface area contributed by atoms with E-state index in [0.717, 1.165) is 5.75 Å². The van der Waals surface area contributed by atoms with Gasteiger partial charge >= 0.3 is 5.51 Å². The van der Waals surface area contributed by atoms with Gasteiger partial charge in [0.1, 0.15) is 11.5 Å². The largest absolute Gasteiger partial charge is 0.741 e. The smallest absolute Gasteiger partial charge is 0.485 e. The quantitative estimate of drug-likeness (QED) is 0.329. The Hall–Kier alpha value is -0.280. The predicted octanol–water partition coefficient (Wildman–Crippen LogP) is 4.02. The molecule has 0 heterocycles. The first-order valence-corrected chi connectivity index (χ1v) is 11.9.